The Morgan fingerprint density at radius 3 is 2.48 bits per heavy atom. The van der Waals surface area contributed by atoms with Gasteiger partial charge >= 0.3 is 0 Å². The predicted molar refractivity (Wildman–Crippen MR) is 98.8 cm³/mol. The second-order valence-corrected chi connectivity index (χ2v) is 8.41. The van der Waals surface area contributed by atoms with Crippen LogP contribution >= 0.6 is 11.8 Å². The van der Waals surface area contributed by atoms with Crippen LogP contribution in [0.2, 0.25) is 0 Å². The van der Waals surface area contributed by atoms with Crippen LogP contribution in [0.15, 0.2) is 29.2 Å². The molecule has 2 rings (SSSR count). The number of amides is 1. The molecule has 1 unspecified atom stereocenters. The Hall–Kier alpha value is -1.00. The Morgan fingerprint density at radius 2 is 1.87 bits per heavy atom. The van der Waals surface area contributed by atoms with Crippen molar-refractivity contribution in [3.63, 3.8) is 0 Å². The lowest BCUT2D eigenvalue weighted by Crippen LogP contribution is -2.30. The van der Waals surface area contributed by atoms with Crippen LogP contribution in [0, 0.1) is 5.92 Å². The summed E-state index contributed by atoms with van der Waals surface area (Å²) in [6.45, 7) is 8.66. The van der Waals surface area contributed by atoms with E-state index in [0.717, 1.165) is 19.5 Å². The number of rotatable bonds is 7. The molecule has 1 aromatic rings. The summed E-state index contributed by atoms with van der Waals surface area (Å²) in [7, 11) is 0. The van der Waals surface area contributed by atoms with Crippen molar-refractivity contribution in [1.82, 2.24) is 10.6 Å². The van der Waals surface area contributed by atoms with E-state index in [9.17, 15) is 4.79 Å². The van der Waals surface area contributed by atoms with Gasteiger partial charge in [0.25, 0.3) is 0 Å². The van der Waals surface area contributed by atoms with Gasteiger partial charge in [-0.15, -0.1) is 11.8 Å². The third-order valence-electron chi connectivity index (χ3n) is 4.37. The number of thioether (sulfide) groups is 1. The highest BCUT2D eigenvalue weighted by Gasteiger charge is 2.15. The molecule has 1 amide bonds. The smallest absolute Gasteiger partial charge is 0.220 e. The highest BCUT2D eigenvalue weighted by molar-refractivity contribution is 7.99. The molecule has 23 heavy (non-hydrogen) atoms. The number of carbonyl (C=O) groups is 1. The summed E-state index contributed by atoms with van der Waals surface area (Å²) in [5.74, 6) is 0.890. The summed E-state index contributed by atoms with van der Waals surface area (Å²) in [4.78, 5) is 13.4. The highest BCUT2D eigenvalue weighted by Crippen LogP contribution is 2.24. The SMILES string of the molecule is CC(C)Sc1ccc(C(C)NC(=O)CCC2CCNCC2)cc1. The fourth-order valence-electron chi connectivity index (χ4n) is 3.01. The number of piperidine rings is 1. The van der Waals surface area contributed by atoms with Gasteiger partial charge in [-0.25, -0.2) is 0 Å². The summed E-state index contributed by atoms with van der Waals surface area (Å²) in [5, 5.41) is 7.10. The fraction of sp³-hybridized carbons (Fsp3) is 0.632. The quantitative estimate of drug-likeness (QED) is 0.736. The van der Waals surface area contributed by atoms with Crippen LogP contribution in [0.4, 0.5) is 0 Å². The average molecular weight is 335 g/mol. The molecule has 1 fully saturated rings. The number of benzene rings is 1. The van der Waals surface area contributed by atoms with Gasteiger partial charge in [0.15, 0.2) is 0 Å². The van der Waals surface area contributed by atoms with Gasteiger partial charge in [-0.2, -0.15) is 0 Å². The van der Waals surface area contributed by atoms with Crippen molar-refractivity contribution in [3.05, 3.63) is 29.8 Å². The van der Waals surface area contributed by atoms with E-state index in [1.54, 1.807) is 0 Å². The van der Waals surface area contributed by atoms with Gasteiger partial charge in [0, 0.05) is 16.6 Å². The molecule has 1 aliphatic rings. The molecule has 1 atom stereocenters. The Bertz CT molecular complexity index is 481. The predicted octanol–water partition coefficient (Wildman–Crippen LogP) is 4.14. The van der Waals surface area contributed by atoms with Crippen LogP contribution in [-0.4, -0.2) is 24.2 Å². The first-order valence-electron chi connectivity index (χ1n) is 8.81. The monoisotopic (exact) mass is 334 g/mol. The van der Waals surface area contributed by atoms with E-state index in [-0.39, 0.29) is 11.9 Å². The molecule has 0 radical (unpaired) electrons. The minimum atomic E-state index is 0.0774. The first-order valence-corrected chi connectivity index (χ1v) is 9.69. The number of hydrogen-bond donors (Lipinski definition) is 2. The minimum Gasteiger partial charge on any atom is -0.350 e. The van der Waals surface area contributed by atoms with Crippen LogP contribution in [-0.2, 0) is 4.79 Å². The molecular weight excluding hydrogens is 304 g/mol. The van der Waals surface area contributed by atoms with E-state index < -0.39 is 0 Å². The molecule has 0 aliphatic carbocycles. The largest absolute Gasteiger partial charge is 0.350 e. The van der Waals surface area contributed by atoms with Crippen LogP contribution in [0.5, 0.6) is 0 Å². The molecule has 1 aromatic carbocycles. The third-order valence-corrected chi connectivity index (χ3v) is 5.38. The molecule has 1 heterocycles. The zero-order chi connectivity index (χ0) is 16.7. The molecule has 0 aromatic heterocycles. The molecular formula is C19H30N2OS. The number of nitrogens with one attached hydrogen (secondary N) is 2. The van der Waals surface area contributed by atoms with Gasteiger partial charge in [0.1, 0.15) is 0 Å². The van der Waals surface area contributed by atoms with E-state index in [1.807, 2.05) is 11.8 Å². The maximum atomic E-state index is 12.2. The first kappa shape index (κ1) is 18.3. The van der Waals surface area contributed by atoms with Crippen LogP contribution in [0.3, 0.4) is 0 Å². The van der Waals surface area contributed by atoms with Crippen molar-refractivity contribution >= 4 is 17.7 Å². The third kappa shape index (κ3) is 6.56. The van der Waals surface area contributed by atoms with E-state index in [1.165, 1.54) is 23.3 Å². The minimum absolute atomic E-state index is 0.0774. The van der Waals surface area contributed by atoms with Gasteiger partial charge in [0.05, 0.1) is 6.04 Å². The second-order valence-electron chi connectivity index (χ2n) is 6.76. The first-order chi connectivity index (χ1) is 11.0. The zero-order valence-electron chi connectivity index (χ0n) is 14.6. The van der Waals surface area contributed by atoms with Crippen LogP contribution in [0.1, 0.15) is 58.1 Å². The van der Waals surface area contributed by atoms with Crippen molar-refractivity contribution in [2.75, 3.05) is 13.1 Å². The van der Waals surface area contributed by atoms with Gasteiger partial charge in [-0.1, -0.05) is 26.0 Å². The number of hydrogen-bond acceptors (Lipinski definition) is 3. The average Bonchev–Trinajstić information content (AvgIpc) is 2.54. The zero-order valence-corrected chi connectivity index (χ0v) is 15.4. The molecule has 2 N–H and O–H groups in total. The van der Waals surface area contributed by atoms with Crippen molar-refractivity contribution in [2.24, 2.45) is 5.92 Å². The number of carbonyl (C=O) groups excluding carboxylic acids is 1. The normalized spacial score (nSPS) is 17.2. The van der Waals surface area contributed by atoms with Gasteiger partial charge < -0.3 is 10.6 Å². The Labute approximate surface area is 145 Å². The van der Waals surface area contributed by atoms with E-state index in [0.29, 0.717) is 17.6 Å². The lowest BCUT2D eigenvalue weighted by molar-refractivity contribution is -0.122. The van der Waals surface area contributed by atoms with E-state index in [2.05, 4.69) is 55.7 Å². The molecule has 1 saturated heterocycles. The summed E-state index contributed by atoms with van der Waals surface area (Å²) >= 11 is 1.86. The Kier molecular flexibility index (Phi) is 7.44. The molecule has 4 heteroatoms. The Morgan fingerprint density at radius 1 is 1.22 bits per heavy atom. The lowest BCUT2D eigenvalue weighted by Gasteiger charge is -2.22. The molecule has 0 saturated carbocycles. The standard InChI is InChI=1S/C19H30N2OS/c1-14(2)23-18-7-5-17(6-8-18)15(3)21-19(22)9-4-16-10-12-20-13-11-16/h5-8,14-16,20H,4,9-13H2,1-3H3,(H,21,22). The summed E-state index contributed by atoms with van der Waals surface area (Å²) in [6, 6.07) is 8.63. The van der Waals surface area contributed by atoms with Crippen molar-refractivity contribution in [3.8, 4) is 0 Å². The summed E-state index contributed by atoms with van der Waals surface area (Å²) < 4.78 is 0. The van der Waals surface area contributed by atoms with Crippen molar-refractivity contribution in [1.29, 1.82) is 0 Å². The van der Waals surface area contributed by atoms with Gasteiger partial charge in [-0.3, -0.25) is 4.79 Å². The van der Waals surface area contributed by atoms with Crippen molar-refractivity contribution in [2.45, 2.75) is 62.6 Å². The lowest BCUT2D eigenvalue weighted by atomic mass is 9.93. The van der Waals surface area contributed by atoms with Crippen molar-refractivity contribution < 1.29 is 4.79 Å². The summed E-state index contributed by atoms with van der Waals surface area (Å²) in [5.41, 5.74) is 1.17. The van der Waals surface area contributed by atoms with Gasteiger partial charge in [0.2, 0.25) is 5.91 Å². The van der Waals surface area contributed by atoms with E-state index >= 15 is 0 Å². The molecule has 0 bridgehead atoms. The second kappa shape index (κ2) is 9.33. The highest BCUT2D eigenvalue weighted by atomic mass is 32.2. The maximum absolute atomic E-state index is 12.2. The molecule has 3 nitrogen and oxygen atoms in total. The van der Waals surface area contributed by atoms with Crippen LogP contribution < -0.4 is 10.6 Å². The topological polar surface area (TPSA) is 41.1 Å². The van der Waals surface area contributed by atoms with Gasteiger partial charge in [-0.05, 0) is 62.9 Å². The van der Waals surface area contributed by atoms with Crippen LogP contribution in [0.25, 0.3) is 0 Å². The van der Waals surface area contributed by atoms with E-state index in [4.69, 9.17) is 0 Å². The Balaban J connectivity index is 1.76. The molecule has 1 aliphatic heterocycles. The maximum Gasteiger partial charge on any atom is 0.220 e. The summed E-state index contributed by atoms with van der Waals surface area (Å²) in [6.07, 6.45) is 4.08. The molecule has 128 valence electrons. The fourth-order valence-corrected chi connectivity index (χ4v) is 3.85. The molecule has 0 spiro atoms.